The number of nitrogens with zero attached hydrogens (tertiary/aromatic N) is 1. The third kappa shape index (κ3) is 3.61. The summed E-state index contributed by atoms with van der Waals surface area (Å²) in [5.74, 6) is 0.499. The maximum Gasteiger partial charge on any atom is 0.262 e. The number of nitrogens with one attached hydrogen (secondary N) is 1. The molecule has 0 atom stereocenters. The van der Waals surface area contributed by atoms with Crippen LogP contribution in [0.4, 0.5) is 5.00 Å². The molecule has 0 fully saturated rings. The second-order valence-corrected chi connectivity index (χ2v) is 7.75. The summed E-state index contributed by atoms with van der Waals surface area (Å²) in [4.78, 5) is 16.9. The first-order valence-electron chi connectivity index (χ1n) is 8.12. The van der Waals surface area contributed by atoms with Crippen LogP contribution >= 0.6 is 22.7 Å². The normalized spacial score (nSPS) is 10.8. The molecule has 0 unspecified atom stereocenters. The van der Waals surface area contributed by atoms with Crippen molar-refractivity contribution in [2.45, 2.75) is 6.92 Å². The third-order valence-electron chi connectivity index (χ3n) is 3.83. The highest BCUT2D eigenvalue weighted by molar-refractivity contribution is 7.22. The van der Waals surface area contributed by atoms with Crippen LogP contribution in [0.3, 0.4) is 0 Å². The van der Waals surface area contributed by atoms with Crippen LogP contribution in [-0.4, -0.2) is 17.5 Å². The summed E-state index contributed by atoms with van der Waals surface area (Å²) >= 11 is 3.11. The number of carbonyl (C=O) groups is 1. The molecule has 130 valence electrons. The van der Waals surface area contributed by atoms with E-state index in [2.05, 4.69) is 16.4 Å². The lowest BCUT2D eigenvalue weighted by molar-refractivity contribution is -0.118. The minimum atomic E-state index is -0.185. The van der Waals surface area contributed by atoms with E-state index in [-0.39, 0.29) is 12.5 Å². The van der Waals surface area contributed by atoms with E-state index in [1.165, 1.54) is 11.3 Å². The van der Waals surface area contributed by atoms with Crippen LogP contribution < -0.4 is 10.1 Å². The van der Waals surface area contributed by atoms with Gasteiger partial charge in [-0.2, -0.15) is 0 Å². The van der Waals surface area contributed by atoms with Gasteiger partial charge in [0.15, 0.2) is 6.61 Å². The van der Waals surface area contributed by atoms with Gasteiger partial charge in [0.2, 0.25) is 0 Å². The minimum absolute atomic E-state index is 0.0275. The van der Waals surface area contributed by atoms with Crippen LogP contribution in [0.2, 0.25) is 0 Å². The highest BCUT2D eigenvalue weighted by atomic mass is 32.1. The molecule has 2 aromatic carbocycles. The zero-order valence-electron chi connectivity index (χ0n) is 14.1. The van der Waals surface area contributed by atoms with Gasteiger partial charge in [0.25, 0.3) is 5.91 Å². The van der Waals surface area contributed by atoms with Crippen molar-refractivity contribution >= 4 is 43.8 Å². The first-order valence-corrected chi connectivity index (χ1v) is 9.81. The van der Waals surface area contributed by atoms with Gasteiger partial charge in [-0.15, -0.1) is 22.7 Å². The molecule has 0 radical (unpaired) electrons. The molecule has 4 nitrogen and oxygen atoms in total. The summed E-state index contributed by atoms with van der Waals surface area (Å²) in [5.41, 5.74) is 3.07. The highest BCUT2D eigenvalue weighted by Gasteiger charge is 2.14. The Balaban J connectivity index is 1.46. The number of carbonyl (C=O) groups excluding carboxylic acids is 1. The number of fused-ring (bicyclic) bond motifs is 1. The fraction of sp³-hybridized carbons (Fsp3) is 0.100. The topological polar surface area (TPSA) is 51.2 Å². The standard InChI is InChI=1S/C20H16N2O2S2/c1-13-6-8-14(9-7-13)24-12-18(23)22-19-15(10-11-25-19)20-21-16-4-2-3-5-17(16)26-20/h2-11H,12H2,1H3,(H,22,23). The Hall–Kier alpha value is -2.70. The van der Waals surface area contributed by atoms with Crippen molar-refractivity contribution in [2.75, 3.05) is 11.9 Å². The zero-order valence-corrected chi connectivity index (χ0v) is 15.7. The smallest absolute Gasteiger partial charge is 0.262 e. The molecule has 4 aromatic rings. The first kappa shape index (κ1) is 16.8. The van der Waals surface area contributed by atoms with Gasteiger partial charge in [0.05, 0.1) is 10.2 Å². The van der Waals surface area contributed by atoms with Crippen LogP contribution in [0.15, 0.2) is 60.0 Å². The molecule has 0 saturated heterocycles. The molecule has 0 aliphatic carbocycles. The Morgan fingerprint density at radius 3 is 2.73 bits per heavy atom. The lowest BCUT2D eigenvalue weighted by atomic mass is 10.2. The van der Waals surface area contributed by atoms with Crippen LogP contribution in [0, 0.1) is 6.92 Å². The molecule has 2 heterocycles. The van der Waals surface area contributed by atoms with Gasteiger partial charge in [0, 0.05) is 5.56 Å². The van der Waals surface area contributed by atoms with Crippen LogP contribution in [0.5, 0.6) is 5.75 Å². The van der Waals surface area contributed by atoms with Crippen LogP contribution in [-0.2, 0) is 4.79 Å². The maximum atomic E-state index is 12.3. The largest absolute Gasteiger partial charge is 0.484 e. The summed E-state index contributed by atoms with van der Waals surface area (Å²) in [5, 5.41) is 6.59. The van der Waals surface area contributed by atoms with E-state index in [4.69, 9.17) is 4.74 Å². The maximum absolute atomic E-state index is 12.3. The Labute approximate surface area is 159 Å². The molecule has 1 N–H and O–H groups in total. The molecule has 0 aliphatic heterocycles. The summed E-state index contributed by atoms with van der Waals surface area (Å²) in [6.45, 7) is 1.98. The summed E-state index contributed by atoms with van der Waals surface area (Å²) in [6, 6.07) is 17.6. The first-order chi connectivity index (χ1) is 12.7. The fourth-order valence-electron chi connectivity index (χ4n) is 2.51. The van der Waals surface area contributed by atoms with Crippen molar-refractivity contribution in [3.05, 3.63) is 65.5 Å². The number of amides is 1. The molecule has 1 amide bonds. The van der Waals surface area contributed by atoms with E-state index >= 15 is 0 Å². The Kier molecular flexibility index (Phi) is 4.69. The SMILES string of the molecule is Cc1ccc(OCC(=O)Nc2sccc2-c2nc3ccccc3s2)cc1. The van der Waals surface area contributed by atoms with Crippen molar-refractivity contribution < 1.29 is 9.53 Å². The number of anilines is 1. The average Bonchev–Trinajstić information content (AvgIpc) is 3.27. The van der Waals surface area contributed by atoms with Crippen molar-refractivity contribution in [1.29, 1.82) is 0 Å². The highest BCUT2D eigenvalue weighted by Crippen LogP contribution is 2.37. The van der Waals surface area contributed by atoms with E-state index in [9.17, 15) is 4.79 Å². The molecule has 0 aliphatic rings. The molecular formula is C20H16N2O2S2. The van der Waals surface area contributed by atoms with Crippen LogP contribution in [0.25, 0.3) is 20.8 Å². The number of ether oxygens (including phenoxy) is 1. The quantitative estimate of drug-likeness (QED) is 0.508. The molecule has 0 bridgehead atoms. The molecule has 0 spiro atoms. The van der Waals surface area contributed by atoms with Gasteiger partial charge < -0.3 is 10.1 Å². The number of benzene rings is 2. The predicted octanol–water partition coefficient (Wildman–Crippen LogP) is 5.35. The van der Waals surface area contributed by atoms with Gasteiger partial charge in [-0.1, -0.05) is 29.8 Å². The third-order valence-corrected chi connectivity index (χ3v) is 5.73. The summed E-state index contributed by atoms with van der Waals surface area (Å²) in [6.07, 6.45) is 0. The van der Waals surface area contributed by atoms with Crippen LogP contribution in [0.1, 0.15) is 5.56 Å². The average molecular weight is 380 g/mol. The van der Waals surface area contributed by atoms with Gasteiger partial charge in [-0.25, -0.2) is 4.98 Å². The number of thiazole rings is 1. The second kappa shape index (κ2) is 7.27. The van der Waals surface area contributed by atoms with E-state index in [0.29, 0.717) is 5.75 Å². The number of aryl methyl sites for hydroxylation is 1. The Morgan fingerprint density at radius 2 is 1.92 bits per heavy atom. The van der Waals surface area contributed by atoms with Crippen molar-refractivity contribution in [1.82, 2.24) is 4.98 Å². The van der Waals surface area contributed by atoms with Gasteiger partial charge in [0.1, 0.15) is 15.8 Å². The second-order valence-electron chi connectivity index (χ2n) is 5.80. The summed E-state index contributed by atoms with van der Waals surface area (Å²) < 4.78 is 6.68. The van der Waals surface area contributed by atoms with E-state index in [0.717, 1.165) is 31.4 Å². The van der Waals surface area contributed by atoms with Crippen molar-refractivity contribution in [3.63, 3.8) is 0 Å². The number of rotatable bonds is 5. The van der Waals surface area contributed by atoms with Gasteiger partial charge in [-0.05, 0) is 42.6 Å². The molecule has 2 aromatic heterocycles. The Bertz CT molecular complexity index is 1020. The predicted molar refractivity (Wildman–Crippen MR) is 108 cm³/mol. The summed E-state index contributed by atoms with van der Waals surface area (Å²) in [7, 11) is 0. The molecule has 4 rings (SSSR count). The molecular weight excluding hydrogens is 364 g/mol. The van der Waals surface area contributed by atoms with Gasteiger partial charge in [-0.3, -0.25) is 4.79 Å². The van der Waals surface area contributed by atoms with Crippen molar-refractivity contribution in [2.24, 2.45) is 0 Å². The Morgan fingerprint density at radius 1 is 1.12 bits per heavy atom. The lowest BCUT2D eigenvalue weighted by Crippen LogP contribution is -2.19. The van der Waals surface area contributed by atoms with E-state index in [1.54, 1.807) is 11.3 Å². The number of aromatic nitrogens is 1. The lowest BCUT2D eigenvalue weighted by Gasteiger charge is -2.07. The minimum Gasteiger partial charge on any atom is -0.484 e. The number of hydrogen-bond acceptors (Lipinski definition) is 5. The van der Waals surface area contributed by atoms with Gasteiger partial charge >= 0.3 is 0 Å². The fourth-order valence-corrected chi connectivity index (χ4v) is 4.37. The monoisotopic (exact) mass is 380 g/mol. The van der Waals surface area contributed by atoms with E-state index < -0.39 is 0 Å². The zero-order chi connectivity index (χ0) is 17.9. The number of para-hydroxylation sites is 1. The molecule has 26 heavy (non-hydrogen) atoms. The number of hydrogen-bond donors (Lipinski definition) is 1. The molecule has 6 heteroatoms. The number of thiophene rings is 1. The van der Waals surface area contributed by atoms with E-state index in [1.807, 2.05) is 60.8 Å². The molecule has 0 saturated carbocycles. The van der Waals surface area contributed by atoms with Crippen molar-refractivity contribution in [3.8, 4) is 16.3 Å².